The van der Waals surface area contributed by atoms with Crippen molar-refractivity contribution in [1.29, 1.82) is 0 Å². The summed E-state index contributed by atoms with van der Waals surface area (Å²) in [7, 11) is 0. The van der Waals surface area contributed by atoms with Crippen molar-refractivity contribution in [2.24, 2.45) is 0 Å². The first-order chi connectivity index (χ1) is 13.1. The second kappa shape index (κ2) is 4.14. The normalized spacial score (nSPS) is 46.7. The zero-order valence-electron chi connectivity index (χ0n) is 14.0. The summed E-state index contributed by atoms with van der Waals surface area (Å²) < 4.78 is 24.5. The zero-order chi connectivity index (χ0) is 18.2. The van der Waals surface area contributed by atoms with E-state index in [1.807, 2.05) is 36.4 Å². The van der Waals surface area contributed by atoms with Crippen LogP contribution in [0.4, 0.5) is 0 Å². The summed E-state index contributed by atoms with van der Waals surface area (Å²) in [6.45, 7) is 0. The Labute approximate surface area is 153 Å². The molecular weight excluding hydrogens is 352 g/mol. The van der Waals surface area contributed by atoms with Gasteiger partial charge in [0.1, 0.15) is 35.9 Å². The van der Waals surface area contributed by atoms with E-state index in [0.29, 0.717) is 11.5 Å². The third kappa shape index (κ3) is 1.32. The number of benzene rings is 2. The Kier molecular flexibility index (Phi) is 2.27. The molecule has 0 radical (unpaired) electrons. The summed E-state index contributed by atoms with van der Waals surface area (Å²) in [5.74, 6) is -0.324. The Balaban J connectivity index is 1.49. The van der Waals surface area contributed by atoms with Gasteiger partial charge in [-0.3, -0.25) is 0 Å². The molecule has 7 rings (SSSR count). The molecule has 2 saturated heterocycles. The van der Waals surface area contributed by atoms with E-state index in [9.17, 15) is 15.3 Å². The quantitative estimate of drug-likeness (QED) is 0.452. The topological polar surface area (TPSA) is 104 Å². The molecule has 27 heavy (non-hydrogen) atoms. The van der Waals surface area contributed by atoms with Crippen LogP contribution in [0.25, 0.3) is 10.8 Å². The van der Waals surface area contributed by atoms with Crippen molar-refractivity contribution in [2.45, 2.75) is 47.5 Å². The third-order valence-corrected chi connectivity index (χ3v) is 6.72. The van der Waals surface area contributed by atoms with E-state index in [1.165, 1.54) is 12.2 Å². The monoisotopic (exact) mass is 368 g/mol. The zero-order valence-corrected chi connectivity index (χ0v) is 14.0. The average molecular weight is 368 g/mol. The van der Waals surface area contributed by atoms with Crippen LogP contribution in [0.15, 0.2) is 48.6 Å². The Morgan fingerprint density at radius 3 is 2.22 bits per heavy atom. The first-order valence-corrected chi connectivity index (χ1v) is 9.03. The van der Waals surface area contributed by atoms with Crippen LogP contribution in [-0.4, -0.2) is 62.8 Å². The first kappa shape index (κ1) is 14.8. The van der Waals surface area contributed by atoms with Crippen LogP contribution in [0.2, 0.25) is 0 Å². The van der Waals surface area contributed by atoms with Crippen molar-refractivity contribution in [1.82, 2.24) is 0 Å². The molecule has 0 bridgehead atoms. The standard InChI is InChI=1S/C20H16O7/c21-12-7-8-13(22)19-18(12,27-19)16(23)15-17(24-15)20(19)25-10-5-1-3-9-4-2-6-11(26-20)14(9)10/h1-8,12-13,15-17,21-23H/t12-,13?,15+,16-,17+,18-,19-/m1/s1. The molecule has 5 aliphatic rings. The minimum atomic E-state index is -1.51. The van der Waals surface area contributed by atoms with E-state index in [4.69, 9.17) is 18.9 Å². The number of hydrogen-bond acceptors (Lipinski definition) is 7. The maximum Gasteiger partial charge on any atom is 0.315 e. The summed E-state index contributed by atoms with van der Waals surface area (Å²) in [4.78, 5) is 0. The van der Waals surface area contributed by atoms with E-state index in [1.54, 1.807) is 0 Å². The highest BCUT2D eigenvalue weighted by Crippen LogP contribution is 2.72. The fourth-order valence-electron chi connectivity index (χ4n) is 5.49. The lowest BCUT2D eigenvalue weighted by atomic mass is 9.65. The van der Waals surface area contributed by atoms with Gasteiger partial charge in [-0.05, 0) is 17.5 Å². The van der Waals surface area contributed by atoms with Crippen LogP contribution in [0.5, 0.6) is 11.5 Å². The smallest absolute Gasteiger partial charge is 0.315 e. The van der Waals surface area contributed by atoms with Crippen LogP contribution in [0.1, 0.15) is 0 Å². The molecule has 7 atom stereocenters. The highest BCUT2D eigenvalue weighted by atomic mass is 16.8. The summed E-state index contributed by atoms with van der Waals surface area (Å²) >= 11 is 0. The molecule has 1 unspecified atom stereocenters. The van der Waals surface area contributed by atoms with Gasteiger partial charge in [0, 0.05) is 0 Å². The Morgan fingerprint density at radius 2 is 1.52 bits per heavy atom. The number of fused-ring (bicyclic) bond motifs is 2. The molecule has 3 fully saturated rings. The number of hydrogen-bond donors (Lipinski definition) is 3. The molecule has 0 aromatic heterocycles. The second-order valence-electron chi connectivity index (χ2n) is 7.85. The minimum absolute atomic E-state index is 0.593. The number of ether oxygens (including phenoxy) is 4. The van der Waals surface area contributed by atoms with Crippen molar-refractivity contribution in [3.63, 3.8) is 0 Å². The molecule has 3 N–H and O–H groups in total. The van der Waals surface area contributed by atoms with E-state index < -0.39 is 47.5 Å². The van der Waals surface area contributed by atoms with Gasteiger partial charge in [-0.25, -0.2) is 0 Å². The molecule has 2 aromatic rings. The van der Waals surface area contributed by atoms with Crippen LogP contribution in [0, 0.1) is 0 Å². The van der Waals surface area contributed by atoms with Crippen LogP contribution in [-0.2, 0) is 9.47 Å². The molecular formula is C20H16O7. The van der Waals surface area contributed by atoms with Crippen LogP contribution in [0.3, 0.4) is 0 Å². The molecule has 3 heterocycles. The molecule has 0 amide bonds. The summed E-state index contributed by atoms with van der Waals surface area (Å²) in [5, 5.41) is 34.1. The van der Waals surface area contributed by atoms with Crippen molar-refractivity contribution in [3.8, 4) is 11.5 Å². The SMILES string of the molecule is OC1C=C[C@@H](O)[C@]23O[C@]12C1(Oc2cccc4cccc(c24)O1)[C@H]1O[C@H]1[C@H]3O. The molecule has 1 saturated carbocycles. The molecule has 1 spiro atoms. The molecule has 138 valence electrons. The lowest BCUT2D eigenvalue weighted by molar-refractivity contribution is -0.209. The Bertz CT molecular complexity index is 1010. The lowest BCUT2D eigenvalue weighted by Crippen LogP contribution is -2.74. The van der Waals surface area contributed by atoms with Gasteiger partial charge in [0.05, 0.1) is 5.39 Å². The molecule has 7 heteroatoms. The van der Waals surface area contributed by atoms with Gasteiger partial charge in [0.2, 0.25) is 5.60 Å². The number of aliphatic hydroxyl groups is 3. The van der Waals surface area contributed by atoms with Gasteiger partial charge in [0.15, 0.2) is 11.7 Å². The van der Waals surface area contributed by atoms with E-state index in [2.05, 4.69) is 0 Å². The summed E-state index contributed by atoms with van der Waals surface area (Å²) in [5.41, 5.74) is -2.90. The fourth-order valence-corrected chi connectivity index (χ4v) is 5.49. The lowest BCUT2D eigenvalue weighted by Gasteiger charge is -2.47. The van der Waals surface area contributed by atoms with Crippen molar-refractivity contribution < 1.29 is 34.3 Å². The van der Waals surface area contributed by atoms with Gasteiger partial charge < -0.3 is 34.3 Å². The van der Waals surface area contributed by atoms with Gasteiger partial charge in [0.25, 0.3) is 0 Å². The van der Waals surface area contributed by atoms with E-state index in [-0.39, 0.29) is 0 Å². The molecule has 7 nitrogen and oxygen atoms in total. The van der Waals surface area contributed by atoms with E-state index >= 15 is 0 Å². The Hall–Kier alpha value is -2.16. The van der Waals surface area contributed by atoms with Crippen molar-refractivity contribution >= 4 is 10.8 Å². The molecule has 2 aliphatic carbocycles. The highest BCUT2D eigenvalue weighted by molar-refractivity contribution is 5.94. The van der Waals surface area contributed by atoms with Gasteiger partial charge in [-0.15, -0.1) is 0 Å². The fraction of sp³-hybridized carbons (Fsp3) is 0.400. The van der Waals surface area contributed by atoms with Gasteiger partial charge in [-0.1, -0.05) is 36.4 Å². The van der Waals surface area contributed by atoms with Crippen LogP contribution >= 0.6 is 0 Å². The third-order valence-electron chi connectivity index (χ3n) is 6.72. The highest BCUT2D eigenvalue weighted by Gasteiger charge is 2.98. The number of epoxide rings is 2. The maximum absolute atomic E-state index is 10.9. The van der Waals surface area contributed by atoms with E-state index in [0.717, 1.165) is 10.8 Å². The van der Waals surface area contributed by atoms with Crippen molar-refractivity contribution in [2.75, 3.05) is 0 Å². The second-order valence-corrected chi connectivity index (χ2v) is 7.85. The average Bonchev–Trinajstić information content (AvgIpc) is 3.57. The van der Waals surface area contributed by atoms with Gasteiger partial charge >= 0.3 is 5.79 Å². The molecule has 3 aliphatic heterocycles. The maximum atomic E-state index is 10.9. The Morgan fingerprint density at radius 1 is 0.852 bits per heavy atom. The summed E-state index contributed by atoms with van der Waals surface area (Å²) in [6, 6.07) is 11.4. The van der Waals surface area contributed by atoms with Gasteiger partial charge in [-0.2, -0.15) is 0 Å². The number of aliphatic hydroxyl groups excluding tert-OH is 3. The number of rotatable bonds is 0. The predicted octanol–water partition coefficient (Wildman–Crippen LogP) is 0.249. The minimum Gasteiger partial charge on any atom is -0.446 e. The van der Waals surface area contributed by atoms with Crippen LogP contribution < -0.4 is 9.47 Å². The predicted molar refractivity (Wildman–Crippen MR) is 90.3 cm³/mol. The summed E-state index contributed by atoms with van der Waals surface area (Å²) in [6.07, 6.45) is -1.67. The van der Waals surface area contributed by atoms with Crippen molar-refractivity contribution in [3.05, 3.63) is 48.6 Å². The first-order valence-electron chi connectivity index (χ1n) is 9.03. The molecule has 2 aromatic carbocycles. The largest absolute Gasteiger partial charge is 0.446 e.